The number of methoxy groups -OCH3 is 2. The van der Waals surface area contributed by atoms with Gasteiger partial charge in [0.05, 0.1) is 19.3 Å². The van der Waals surface area contributed by atoms with E-state index in [1.807, 2.05) is 0 Å². The van der Waals surface area contributed by atoms with Crippen LogP contribution in [0.1, 0.15) is 12.5 Å². The van der Waals surface area contributed by atoms with Crippen LogP contribution >= 0.6 is 8.38 Å². The molecule has 46 heavy (non-hydrogen) atoms. The molecular weight excluding hydrogens is 639 g/mol. The van der Waals surface area contributed by atoms with Crippen LogP contribution in [0.5, 0.6) is 0 Å². The van der Waals surface area contributed by atoms with Gasteiger partial charge in [0.15, 0.2) is 35.4 Å². The van der Waals surface area contributed by atoms with E-state index in [0.29, 0.717) is 16.7 Å². The summed E-state index contributed by atoms with van der Waals surface area (Å²) in [6.45, 7) is -0.330. The molecule has 0 bridgehead atoms. The van der Waals surface area contributed by atoms with Crippen molar-refractivity contribution in [3.63, 3.8) is 0 Å². The van der Waals surface area contributed by atoms with Gasteiger partial charge in [-0.15, -0.1) is 0 Å². The molecule has 2 aliphatic heterocycles. The average molecular weight is 673 g/mol. The highest BCUT2D eigenvalue weighted by Crippen LogP contribution is 2.38. The number of fused-ring (bicyclic) bond motifs is 2. The Morgan fingerprint density at radius 3 is 1.78 bits per heavy atom. The van der Waals surface area contributed by atoms with Gasteiger partial charge in [-0.3, -0.25) is 9.13 Å². The van der Waals surface area contributed by atoms with Gasteiger partial charge in [0.25, 0.3) is 0 Å². The van der Waals surface area contributed by atoms with Gasteiger partial charge >= 0.3 is 0 Å². The van der Waals surface area contributed by atoms with E-state index in [1.54, 1.807) is 4.57 Å². The van der Waals surface area contributed by atoms with Gasteiger partial charge in [-0.1, -0.05) is 0 Å². The van der Waals surface area contributed by atoms with Gasteiger partial charge in [-0.25, -0.2) is 9.97 Å². The number of anilines is 4. The molecule has 23 nitrogen and oxygen atoms in total. The topological polar surface area (TPSA) is 348 Å². The molecule has 2 saturated heterocycles. The molecular formula is C22H33N12O11P. The van der Waals surface area contributed by atoms with E-state index in [2.05, 4.69) is 34.6 Å². The van der Waals surface area contributed by atoms with Crippen molar-refractivity contribution in [1.29, 1.82) is 0 Å². The molecule has 0 saturated carbocycles. The molecule has 2 aliphatic rings. The number of ether oxygens (including phenoxy) is 4. The molecule has 0 radical (unpaired) electrons. The number of imidazole rings is 2. The molecule has 0 amide bonds. The number of rotatable bonds is 9. The van der Waals surface area contributed by atoms with Crippen LogP contribution in [0, 0.1) is 0 Å². The van der Waals surface area contributed by atoms with E-state index in [0.717, 1.165) is 0 Å². The van der Waals surface area contributed by atoms with E-state index in [4.69, 9.17) is 51.9 Å². The predicted octanol–water partition coefficient (Wildman–Crippen LogP) is -3.32. The van der Waals surface area contributed by atoms with Crippen molar-refractivity contribution in [3.05, 3.63) is 12.7 Å². The van der Waals surface area contributed by atoms with Gasteiger partial charge in [-0.05, 0) is 0 Å². The third kappa shape index (κ3) is 6.31. The standard InChI is InChI=1S/C11H17N6O7P.C11H16N6O4/c1-21-6-5(19)10(23-24-25(20)3-18)22-9(6)17-2-14-4-7(12)15-11(13)16-8(4)17;1-20-7-6(19)4(2-18)21-10(7)17-3-14-5-8(12)15-11(13)16-9(5)17/h2,5-6,9-10,18-20H,3H2,1H3,(H4,12,13,15,16);3-4,6-7,10,18-19H,2H2,1H3,(H4,12,13,15,16)/t5?,6-,9+,10+,25?;4-,6?,7+,10-/m01/s1. The van der Waals surface area contributed by atoms with Crippen LogP contribution in [0.3, 0.4) is 0 Å². The van der Waals surface area contributed by atoms with Crippen molar-refractivity contribution in [3.8, 4) is 0 Å². The Morgan fingerprint density at radius 2 is 1.30 bits per heavy atom. The fourth-order valence-corrected chi connectivity index (χ4v) is 5.16. The maximum absolute atomic E-state index is 10.3. The van der Waals surface area contributed by atoms with Crippen LogP contribution in [0.15, 0.2) is 12.7 Å². The number of nitrogens with two attached hydrogens (primary N) is 4. The molecule has 0 spiro atoms. The molecule has 13 N–H and O–H groups in total. The maximum atomic E-state index is 10.3. The second kappa shape index (κ2) is 14.0. The van der Waals surface area contributed by atoms with Crippen LogP contribution in [0.2, 0.25) is 0 Å². The normalized spacial score (nSPS) is 28.5. The summed E-state index contributed by atoms with van der Waals surface area (Å²) in [4.78, 5) is 38.1. The zero-order chi connectivity index (χ0) is 33.3. The summed E-state index contributed by atoms with van der Waals surface area (Å²) in [6, 6.07) is 0. The summed E-state index contributed by atoms with van der Waals surface area (Å²) in [7, 11) is 0.618. The van der Waals surface area contributed by atoms with Crippen molar-refractivity contribution in [2.75, 3.05) is 50.1 Å². The molecule has 252 valence electrons. The van der Waals surface area contributed by atoms with Crippen molar-refractivity contribution in [2.45, 2.75) is 49.3 Å². The Bertz CT molecular complexity index is 1650. The number of hydrogen-bond donors (Lipinski definition) is 9. The van der Waals surface area contributed by atoms with Crippen LogP contribution in [-0.2, 0) is 28.5 Å². The van der Waals surface area contributed by atoms with Crippen molar-refractivity contribution < 1.29 is 53.8 Å². The number of hydrogen-bond acceptors (Lipinski definition) is 21. The Hall–Kier alpha value is -3.71. The predicted molar refractivity (Wildman–Crippen MR) is 155 cm³/mol. The molecule has 0 aromatic carbocycles. The minimum atomic E-state index is -2.20. The summed E-state index contributed by atoms with van der Waals surface area (Å²) in [5.41, 5.74) is 24.1. The lowest BCUT2D eigenvalue weighted by Gasteiger charge is -2.19. The fourth-order valence-electron chi connectivity index (χ4n) is 4.93. The van der Waals surface area contributed by atoms with Gasteiger partial charge < -0.3 is 67.2 Å². The van der Waals surface area contributed by atoms with Crippen molar-refractivity contribution >= 4 is 54.2 Å². The van der Waals surface area contributed by atoms with Gasteiger partial charge in [0.2, 0.25) is 26.6 Å². The SMILES string of the molecule is CO[C@H]1C(O)[C@@H](CO)O[C@H]1n1cnc2c(N)nc(N)nc21.CO[C@H]1C(O)[C@@H](OOP(O)CO)O[C@H]1n1cnc2c(N)nc(N)nc21. The van der Waals surface area contributed by atoms with Crippen LogP contribution in [0.4, 0.5) is 23.5 Å². The maximum Gasteiger partial charge on any atom is 0.232 e. The van der Waals surface area contributed by atoms with E-state index in [9.17, 15) is 20.2 Å². The highest BCUT2D eigenvalue weighted by Gasteiger charge is 2.48. The Labute approximate surface area is 259 Å². The van der Waals surface area contributed by atoms with Crippen molar-refractivity contribution in [2.24, 2.45) is 0 Å². The van der Waals surface area contributed by atoms with E-state index in [-0.39, 0.29) is 35.8 Å². The smallest absolute Gasteiger partial charge is 0.232 e. The Morgan fingerprint density at radius 1 is 0.804 bits per heavy atom. The molecule has 24 heteroatoms. The third-order valence-corrected chi connectivity index (χ3v) is 7.53. The molecule has 9 atom stereocenters. The molecule has 0 aliphatic carbocycles. The Kier molecular flexibility index (Phi) is 10.2. The number of aliphatic hydroxyl groups is 4. The lowest BCUT2D eigenvalue weighted by molar-refractivity contribution is -0.332. The van der Waals surface area contributed by atoms with E-state index >= 15 is 0 Å². The fraction of sp³-hybridized carbons (Fsp3) is 0.545. The van der Waals surface area contributed by atoms with E-state index in [1.165, 1.54) is 31.4 Å². The summed E-state index contributed by atoms with van der Waals surface area (Å²) >= 11 is 0. The molecule has 3 unspecified atom stereocenters. The summed E-state index contributed by atoms with van der Waals surface area (Å²) in [5, 5.41) is 38.3. The first-order valence-corrected chi connectivity index (χ1v) is 14.7. The largest absolute Gasteiger partial charge is 0.394 e. The molecule has 6 heterocycles. The Balaban J connectivity index is 0.000000184. The molecule has 4 aromatic heterocycles. The van der Waals surface area contributed by atoms with Crippen molar-refractivity contribution in [1.82, 2.24) is 39.0 Å². The molecule has 2 fully saturated rings. The number of aliphatic hydroxyl groups excluding tert-OH is 4. The quantitative estimate of drug-likeness (QED) is 0.0477. The average Bonchev–Trinajstić information content (AvgIpc) is 3.79. The number of nitrogen functional groups attached to an aromatic ring is 4. The first-order valence-electron chi connectivity index (χ1n) is 13.3. The highest BCUT2D eigenvalue weighted by atomic mass is 31.2. The zero-order valence-corrected chi connectivity index (χ0v) is 25.1. The first kappa shape index (κ1) is 33.6. The van der Waals surface area contributed by atoms with E-state index < -0.39 is 64.0 Å². The van der Waals surface area contributed by atoms with Gasteiger partial charge in [-0.2, -0.15) is 29.5 Å². The summed E-state index contributed by atoms with van der Waals surface area (Å²) in [6.07, 6.45) is -5.22. The number of aromatic nitrogens is 8. The van der Waals surface area contributed by atoms with Crippen LogP contribution < -0.4 is 22.9 Å². The van der Waals surface area contributed by atoms with Crippen LogP contribution in [-0.4, -0.2) is 128 Å². The second-order valence-corrected chi connectivity index (χ2v) is 10.9. The van der Waals surface area contributed by atoms with Crippen LogP contribution in [0.25, 0.3) is 22.3 Å². The third-order valence-electron chi connectivity index (χ3n) is 7.03. The summed E-state index contributed by atoms with van der Waals surface area (Å²) < 4.78 is 29.3. The minimum absolute atomic E-state index is 0.00738. The lowest BCUT2D eigenvalue weighted by Crippen LogP contribution is -2.34. The zero-order valence-electron chi connectivity index (χ0n) is 24.2. The highest BCUT2D eigenvalue weighted by molar-refractivity contribution is 7.45. The van der Waals surface area contributed by atoms with Gasteiger partial charge in [0.1, 0.15) is 47.9 Å². The minimum Gasteiger partial charge on any atom is -0.394 e. The second-order valence-electron chi connectivity index (χ2n) is 9.77. The first-order chi connectivity index (χ1) is 22.0. The monoisotopic (exact) mass is 672 g/mol. The van der Waals surface area contributed by atoms with Gasteiger partial charge in [0, 0.05) is 14.2 Å². The number of nitrogens with zero attached hydrogens (tertiary/aromatic N) is 8. The lowest BCUT2D eigenvalue weighted by atomic mass is 10.1. The summed E-state index contributed by atoms with van der Waals surface area (Å²) in [5.74, 6) is 0.207. The molecule has 4 aromatic rings. The molecule has 6 rings (SSSR count).